The van der Waals surface area contributed by atoms with Crippen LogP contribution in [0.25, 0.3) is 0 Å². The number of rotatable bonds is 6. The zero-order chi connectivity index (χ0) is 30.7. The molecule has 0 radical (unpaired) electrons. The van der Waals surface area contributed by atoms with Gasteiger partial charge in [0.05, 0.1) is 17.6 Å². The second-order valence-electron chi connectivity index (χ2n) is 12.3. The molecular weight excluding hydrogens is 592 g/mol. The van der Waals surface area contributed by atoms with Gasteiger partial charge in [0.15, 0.2) is 5.60 Å². The van der Waals surface area contributed by atoms with Crippen LogP contribution < -0.4 is 20.3 Å². The number of fused-ring (bicyclic) bond motifs is 7. The Balaban J connectivity index is 0.932. The monoisotopic (exact) mass is 626 g/mol. The van der Waals surface area contributed by atoms with Crippen LogP contribution in [0.3, 0.4) is 0 Å². The molecule has 5 aliphatic heterocycles. The van der Waals surface area contributed by atoms with Crippen LogP contribution in [0.4, 0.5) is 10.5 Å². The lowest BCUT2D eigenvalue weighted by molar-refractivity contribution is -0.131. The highest BCUT2D eigenvalue weighted by Gasteiger charge is 2.53. The molecule has 0 aliphatic carbocycles. The summed E-state index contributed by atoms with van der Waals surface area (Å²) in [6.07, 6.45) is 3.37. The Morgan fingerprint density at radius 2 is 1.71 bits per heavy atom. The Morgan fingerprint density at radius 3 is 2.56 bits per heavy atom. The summed E-state index contributed by atoms with van der Waals surface area (Å²) in [4.78, 5) is 41.9. The summed E-state index contributed by atoms with van der Waals surface area (Å²) < 4.78 is 12.5. The van der Waals surface area contributed by atoms with E-state index in [0.29, 0.717) is 60.5 Å². The van der Waals surface area contributed by atoms with E-state index in [1.165, 1.54) is 0 Å². The van der Waals surface area contributed by atoms with Crippen LogP contribution >= 0.6 is 11.8 Å². The SMILES string of the molecule is O=C1NC2CSC(CCCCC(=O)N3CCN(c4ccc5c(c4)Oc4cc(O)ccc4C54OC(=O)c5ccccc54)CC3)C2N1. The smallest absolute Gasteiger partial charge is 0.340 e. The number of benzene rings is 3. The summed E-state index contributed by atoms with van der Waals surface area (Å²) in [5, 5.41) is 16.7. The van der Waals surface area contributed by atoms with Crippen molar-refractivity contribution in [2.75, 3.05) is 36.8 Å². The Labute approximate surface area is 265 Å². The molecule has 5 aliphatic rings. The zero-order valence-electron chi connectivity index (χ0n) is 24.7. The van der Waals surface area contributed by atoms with Crippen molar-refractivity contribution in [3.8, 4) is 17.2 Å². The molecule has 45 heavy (non-hydrogen) atoms. The van der Waals surface area contributed by atoms with E-state index in [9.17, 15) is 19.5 Å². The Morgan fingerprint density at radius 1 is 0.933 bits per heavy atom. The van der Waals surface area contributed by atoms with Gasteiger partial charge in [-0.1, -0.05) is 24.6 Å². The molecule has 3 saturated heterocycles. The van der Waals surface area contributed by atoms with Gasteiger partial charge in [-0.2, -0.15) is 11.8 Å². The van der Waals surface area contributed by atoms with Gasteiger partial charge >= 0.3 is 12.0 Å². The van der Waals surface area contributed by atoms with Crippen molar-refractivity contribution in [2.24, 2.45) is 0 Å². The number of carbonyl (C=O) groups is 3. The second-order valence-corrected chi connectivity index (χ2v) is 13.6. The van der Waals surface area contributed by atoms with Gasteiger partial charge in [-0.05, 0) is 43.2 Å². The Bertz CT molecular complexity index is 1710. The number of piperazine rings is 1. The highest BCUT2D eigenvalue weighted by Crippen LogP contribution is 2.57. The molecule has 232 valence electrons. The normalized spacial score (nSPS) is 25.9. The lowest BCUT2D eigenvalue weighted by Gasteiger charge is -2.39. The van der Waals surface area contributed by atoms with E-state index >= 15 is 0 Å². The first-order chi connectivity index (χ1) is 21.9. The molecule has 0 aromatic heterocycles. The first-order valence-corrected chi connectivity index (χ1v) is 16.7. The topological polar surface area (TPSA) is 120 Å². The molecule has 10 nitrogen and oxygen atoms in total. The molecule has 0 bridgehead atoms. The van der Waals surface area contributed by atoms with E-state index in [1.54, 1.807) is 24.3 Å². The van der Waals surface area contributed by atoms with Crippen molar-refractivity contribution in [2.45, 2.75) is 48.6 Å². The maximum atomic E-state index is 13.0. The molecular formula is C34H34N4O6S. The third-order valence-electron chi connectivity index (χ3n) is 9.75. The number of anilines is 1. The van der Waals surface area contributed by atoms with Crippen LogP contribution in [-0.2, 0) is 15.1 Å². The van der Waals surface area contributed by atoms with Gasteiger partial charge in [-0.15, -0.1) is 0 Å². The molecule has 0 saturated carbocycles. The number of esters is 1. The molecule has 3 aromatic rings. The fraction of sp³-hybridized carbons (Fsp3) is 0.382. The van der Waals surface area contributed by atoms with E-state index < -0.39 is 11.6 Å². The van der Waals surface area contributed by atoms with Crippen molar-refractivity contribution >= 4 is 35.4 Å². The van der Waals surface area contributed by atoms with Crippen molar-refractivity contribution in [1.82, 2.24) is 15.5 Å². The van der Waals surface area contributed by atoms with Crippen LogP contribution in [0.1, 0.15) is 52.7 Å². The van der Waals surface area contributed by atoms with E-state index in [1.807, 2.05) is 53.1 Å². The lowest BCUT2D eigenvalue weighted by atomic mass is 9.77. The van der Waals surface area contributed by atoms with Crippen LogP contribution in [0.2, 0.25) is 0 Å². The quantitative estimate of drug-likeness (QED) is 0.210. The number of phenols is 1. The maximum absolute atomic E-state index is 13.0. The molecule has 3 amide bonds. The van der Waals surface area contributed by atoms with Crippen molar-refractivity contribution in [1.29, 1.82) is 0 Å². The maximum Gasteiger partial charge on any atom is 0.340 e. The number of nitrogens with one attached hydrogen (secondary N) is 2. The van der Waals surface area contributed by atoms with Crippen LogP contribution in [-0.4, -0.2) is 77.2 Å². The molecule has 3 N–H and O–H groups in total. The minimum Gasteiger partial charge on any atom is -0.508 e. The van der Waals surface area contributed by atoms with Crippen LogP contribution in [0, 0.1) is 0 Å². The minimum absolute atomic E-state index is 0.0626. The molecule has 8 rings (SSSR count). The molecule has 4 atom stereocenters. The standard InChI is InChI=1S/C34H34N4O6S/c39-21-10-12-25-28(18-21)43-27-17-20(9-11-24(27)34(25)23-6-2-1-5-22(23)32(41)44-34)37-13-15-38(16-14-37)30(40)8-4-3-7-29-31-26(19-45-29)35-33(42)36-31/h1-2,5-6,9-12,17-18,26,29,31,39H,3-4,7-8,13-16,19H2,(H2,35,36,42). The Hall–Kier alpha value is -4.38. The molecule has 1 spiro atoms. The fourth-order valence-electron chi connectivity index (χ4n) is 7.49. The number of ether oxygens (including phenoxy) is 2. The lowest BCUT2D eigenvalue weighted by Crippen LogP contribution is -2.48. The van der Waals surface area contributed by atoms with Crippen LogP contribution in [0.5, 0.6) is 17.2 Å². The first kappa shape index (κ1) is 28.1. The number of carbonyl (C=O) groups excluding carboxylic acids is 3. The van der Waals surface area contributed by atoms with E-state index in [4.69, 9.17) is 9.47 Å². The number of phenolic OH excluding ortho intramolecular Hbond substituents is 1. The molecule has 3 aromatic carbocycles. The predicted molar refractivity (Wildman–Crippen MR) is 169 cm³/mol. The number of amides is 3. The first-order valence-electron chi connectivity index (χ1n) is 15.6. The summed E-state index contributed by atoms with van der Waals surface area (Å²) in [7, 11) is 0. The van der Waals surface area contributed by atoms with Gasteiger partial charge < -0.3 is 35.0 Å². The fourth-order valence-corrected chi connectivity index (χ4v) is 9.03. The number of nitrogens with zero attached hydrogens (tertiary/aromatic N) is 2. The number of hydrogen-bond donors (Lipinski definition) is 3. The average molecular weight is 627 g/mol. The number of hydrogen-bond acceptors (Lipinski definition) is 8. The van der Waals surface area contributed by atoms with Crippen molar-refractivity contribution < 1.29 is 29.0 Å². The van der Waals surface area contributed by atoms with Gasteiger partial charge in [-0.25, -0.2) is 9.59 Å². The molecule has 11 heteroatoms. The van der Waals surface area contributed by atoms with Gasteiger partial charge in [0, 0.05) is 78.1 Å². The predicted octanol–water partition coefficient (Wildman–Crippen LogP) is 4.33. The summed E-state index contributed by atoms with van der Waals surface area (Å²) in [5.74, 6) is 1.81. The highest BCUT2D eigenvalue weighted by atomic mass is 32.2. The number of thioether (sulfide) groups is 1. The van der Waals surface area contributed by atoms with Gasteiger partial charge in [0.1, 0.15) is 17.2 Å². The number of urea groups is 1. The average Bonchev–Trinajstić information content (AvgIpc) is 3.70. The zero-order valence-corrected chi connectivity index (χ0v) is 25.5. The van der Waals surface area contributed by atoms with Gasteiger partial charge in [0.2, 0.25) is 5.91 Å². The van der Waals surface area contributed by atoms with Crippen LogP contribution in [0.15, 0.2) is 60.7 Å². The van der Waals surface area contributed by atoms with E-state index in [0.717, 1.165) is 41.8 Å². The van der Waals surface area contributed by atoms with Crippen molar-refractivity contribution in [3.63, 3.8) is 0 Å². The van der Waals surface area contributed by atoms with Gasteiger partial charge in [-0.3, -0.25) is 4.79 Å². The highest BCUT2D eigenvalue weighted by molar-refractivity contribution is 8.00. The molecule has 5 heterocycles. The largest absolute Gasteiger partial charge is 0.508 e. The summed E-state index contributed by atoms with van der Waals surface area (Å²) >= 11 is 1.91. The summed E-state index contributed by atoms with van der Waals surface area (Å²) in [6, 6.07) is 18.6. The Kier molecular flexibility index (Phi) is 6.81. The molecule has 4 unspecified atom stereocenters. The summed E-state index contributed by atoms with van der Waals surface area (Å²) in [6.45, 7) is 2.67. The number of unbranched alkanes of at least 4 members (excludes halogenated alkanes) is 1. The number of aromatic hydroxyl groups is 1. The third kappa shape index (κ3) is 4.67. The third-order valence-corrected chi connectivity index (χ3v) is 11.3. The summed E-state index contributed by atoms with van der Waals surface area (Å²) in [5.41, 5.74) is 2.44. The minimum atomic E-state index is -1.17. The second kappa shape index (κ2) is 10.9. The molecule has 3 fully saturated rings. The van der Waals surface area contributed by atoms with Crippen molar-refractivity contribution in [3.05, 3.63) is 82.9 Å². The van der Waals surface area contributed by atoms with Gasteiger partial charge in [0.25, 0.3) is 0 Å². The van der Waals surface area contributed by atoms with E-state index in [2.05, 4.69) is 15.5 Å². The van der Waals surface area contributed by atoms with E-state index in [-0.39, 0.29) is 29.8 Å².